The Bertz CT molecular complexity index is 557. The zero-order valence-electron chi connectivity index (χ0n) is 12.9. The van der Waals surface area contributed by atoms with E-state index >= 15 is 0 Å². The zero-order valence-corrected chi connectivity index (χ0v) is 12.9. The number of carbonyl (C=O) groups excluding carboxylic acids is 3. The van der Waals surface area contributed by atoms with Crippen LogP contribution in [-0.2, 0) is 14.3 Å². The molecule has 1 aromatic carbocycles. The van der Waals surface area contributed by atoms with Crippen molar-refractivity contribution in [1.29, 1.82) is 0 Å². The van der Waals surface area contributed by atoms with Gasteiger partial charge in [-0.2, -0.15) is 0 Å². The van der Waals surface area contributed by atoms with Gasteiger partial charge in [0.1, 0.15) is 5.75 Å². The molecule has 1 aromatic rings. The summed E-state index contributed by atoms with van der Waals surface area (Å²) in [6.45, 7) is 7.46. The quantitative estimate of drug-likeness (QED) is 0.231. The van der Waals surface area contributed by atoms with Crippen LogP contribution in [0.2, 0.25) is 0 Å². The molecule has 0 radical (unpaired) electrons. The fourth-order valence-electron chi connectivity index (χ4n) is 1.65. The van der Waals surface area contributed by atoms with Gasteiger partial charge >= 0.3 is 5.97 Å². The number of carbonyl (C=O) groups is 3. The maximum atomic E-state index is 11.7. The van der Waals surface area contributed by atoms with E-state index in [9.17, 15) is 14.4 Å². The molecular formula is C17H20O5. The highest BCUT2D eigenvalue weighted by Gasteiger charge is 2.17. The van der Waals surface area contributed by atoms with Crippen molar-refractivity contribution >= 4 is 17.5 Å². The minimum Gasteiger partial charge on any atom is -0.494 e. The maximum Gasteiger partial charge on any atom is 0.379 e. The van der Waals surface area contributed by atoms with Crippen LogP contribution in [0, 0.1) is 0 Å². The Kier molecular flexibility index (Phi) is 7.02. The number of ether oxygens (including phenoxy) is 2. The van der Waals surface area contributed by atoms with Crippen LogP contribution in [0.1, 0.15) is 37.0 Å². The smallest absolute Gasteiger partial charge is 0.379 e. The molecule has 0 fully saturated rings. The highest BCUT2D eigenvalue weighted by Crippen LogP contribution is 2.14. The maximum absolute atomic E-state index is 11.7. The van der Waals surface area contributed by atoms with Gasteiger partial charge in [0, 0.05) is 12.0 Å². The van der Waals surface area contributed by atoms with Crippen molar-refractivity contribution in [3.8, 4) is 5.75 Å². The van der Waals surface area contributed by atoms with Gasteiger partial charge in [-0.15, -0.1) is 0 Å². The van der Waals surface area contributed by atoms with Crippen molar-refractivity contribution in [2.45, 2.75) is 26.7 Å². The van der Waals surface area contributed by atoms with E-state index in [1.807, 2.05) is 0 Å². The molecule has 118 valence electrons. The number of allylic oxidation sites excluding steroid dienone is 1. The van der Waals surface area contributed by atoms with Gasteiger partial charge in [-0.3, -0.25) is 9.59 Å². The molecular weight excluding hydrogens is 284 g/mol. The summed E-state index contributed by atoms with van der Waals surface area (Å²) >= 11 is 0. The molecule has 0 N–H and O–H groups in total. The van der Waals surface area contributed by atoms with E-state index in [0.717, 1.165) is 0 Å². The Labute approximate surface area is 129 Å². The molecule has 0 unspecified atom stereocenters. The van der Waals surface area contributed by atoms with E-state index in [4.69, 9.17) is 4.74 Å². The molecule has 0 spiro atoms. The predicted octanol–water partition coefficient (Wildman–Crippen LogP) is 2.74. The van der Waals surface area contributed by atoms with Gasteiger partial charge in [-0.1, -0.05) is 6.58 Å². The SMILES string of the molecule is C=C(C)C(=O)CCCOc1ccc(C(=O)C(=O)OCC)cc1. The van der Waals surface area contributed by atoms with Crippen molar-refractivity contribution in [3.05, 3.63) is 42.0 Å². The van der Waals surface area contributed by atoms with E-state index in [-0.39, 0.29) is 18.0 Å². The fourth-order valence-corrected chi connectivity index (χ4v) is 1.65. The second kappa shape index (κ2) is 8.77. The normalized spacial score (nSPS) is 9.91. The van der Waals surface area contributed by atoms with Crippen molar-refractivity contribution in [1.82, 2.24) is 0 Å². The number of Topliss-reactive ketones (excluding diaryl/α,β-unsaturated/α-hetero) is 2. The van der Waals surface area contributed by atoms with E-state index in [2.05, 4.69) is 11.3 Å². The van der Waals surface area contributed by atoms with Crippen LogP contribution in [0.3, 0.4) is 0 Å². The lowest BCUT2D eigenvalue weighted by molar-refractivity contribution is -0.137. The lowest BCUT2D eigenvalue weighted by atomic mass is 10.1. The summed E-state index contributed by atoms with van der Waals surface area (Å²) < 4.78 is 10.1. The molecule has 0 aliphatic carbocycles. The number of hydrogen-bond acceptors (Lipinski definition) is 5. The third kappa shape index (κ3) is 5.52. The topological polar surface area (TPSA) is 69.7 Å². The van der Waals surface area contributed by atoms with Crippen LogP contribution in [0.4, 0.5) is 0 Å². The summed E-state index contributed by atoms with van der Waals surface area (Å²) in [7, 11) is 0. The lowest BCUT2D eigenvalue weighted by Gasteiger charge is -2.07. The molecule has 5 heteroatoms. The minimum atomic E-state index is -0.866. The van der Waals surface area contributed by atoms with Gasteiger partial charge in [0.15, 0.2) is 5.78 Å². The lowest BCUT2D eigenvalue weighted by Crippen LogP contribution is -2.17. The van der Waals surface area contributed by atoms with E-state index in [1.54, 1.807) is 26.0 Å². The van der Waals surface area contributed by atoms with Crippen LogP contribution in [0.5, 0.6) is 5.75 Å². The molecule has 0 atom stereocenters. The summed E-state index contributed by atoms with van der Waals surface area (Å²) in [6.07, 6.45) is 0.990. The van der Waals surface area contributed by atoms with Crippen LogP contribution >= 0.6 is 0 Å². The second-order valence-electron chi connectivity index (χ2n) is 4.73. The highest BCUT2D eigenvalue weighted by atomic mass is 16.5. The Morgan fingerprint density at radius 1 is 1.14 bits per heavy atom. The van der Waals surface area contributed by atoms with Crippen LogP contribution in [-0.4, -0.2) is 30.7 Å². The molecule has 0 bridgehead atoms. The van der Waals surface area contributed by atoms with Gasteiger partial charge in [-0.05, 0) is 50.1 Å². The van der Waals surface area contributed by atoms with E-state index in [0.29, 0.717) is 30.8 Å². The van der Waals surface area contributed by atoms with Crippen LogP contribution in [0.25, 0.3) is 0 Å². The first kappa shape index (κ1) is 17.6. The number of esters is 1. The monoisotopic (exact) mass is 304 g/mol. The van der Waals surface area contributed by atoms with Gasteiger partial charge in [0.2, 0.25) is 0 Å². The van der Waals surface area contributed by atoms with E-state index < -0.39 is 11.8 Å². The van der Waals surface area contributed by atoms with Gasteiger partial charge in [0.05, 0.1) is 13.2 Å². The van der Waals surface area contributed by atoms with Crippen molar-refractivity contribution < 1.29 is 23.9 Å². The predicted molar refractivity (Wildman–Crippen MR) is 82.0 cm³/mol. The summed E-state index contributed by atoms with van der Waals surface area (Å²) in [6, 6.07) is 6.22. The first-order chi connectivity index (χ1) is 10.5. The van der Waals surface area contributed by atoms with Crippen molar-refractivity contribution in [2.24, 2.45) is 0 Å². The Hall–Kier alpha value is -2.43. The summed E-state index contributed by atoms with van der Waals surface area (Å²) in [5.74, 6) is -0.947. The molecule has 0 aliphatic heterocycles. The molecule has 0 amide bonds. The summed E-state index contributed by atoms with van der Waals surface area (Å²) in [5.41, 5.74) is 0.796. The molecule has 0 aliphatic rings. The molecule has 22 heavy (non-hydrogen) atoms. The van der Waals surface area contributed by atoms with Crippen LogP contribution in [0.15, 0.2) is 36.4 Å². The zero-order chi connectivity index (χ0) is 16.5. The minimum absolute atomic E-state index is 0.0268. The molecule has 0 heterocycles. The molecule has 5 nitrogen and oxygen atoms in total. The second-order valence-corrected chi connectivity index (χ2v) is 4.73. The average Bonchev–Trinajstić information content (AvgIpc) is 2.51. The first-order valence-electron chi connectivity index (χ1n) is 7.08. The van der Waals surface area contributed by atoms with Crippen molar-refractivity contribution in [2.75, 3.05) is 13.2 Å². The Balaban J connectivity index is 2.45. The molecule has 0 aromatic heterocycles. The standard InChI is InChI=1S/C17H20O5/c1-4-21-17(20)16(19)13-7-9-14(10-8-13)22-11-5-6-15(18)12(2)3/h7-10H,2,4-6,11H2,1,3H3. The first-order valence-corrected chi connectivity index (χ1v) is 7.08. The number of rotatable bonds is 9. The molecule has 0 saturated heterocycles. The van der Waals surface area contributed by atoms with Crippen LogP contribution < -0.4 is 4.74 Å². The Morgan fingerprint density at radius 3 is 2.32 bits per heavy atom. The number of benzene rings is 1. The molecule has 0 saturated carbocycles. The van der Waals surface area contributed by atoms with Gasteiger partial charge in [0.25, 0.3) is 5.78 Å². The molecule has 1 rings (SSSR count). The van der Waals surface area contributed by atoms with Gasteiger partial charge < -0.3 is 9.47 Å². The van der Waals surface area contributed by atoms with Crippen molar-refractivity contribution in [3.63, 3.8) is 0 Å². The highest BCUT2D eigenvalue weighted by molar-refractivity contribution is 6.40. The number of ketones is 2. The summed E-state index contributed by atoms with van der Waals surface area (Å²) in [4.78, 5) is 34.4. The largest absolute Gasteiger partial charge is 0.494 e. The third-order valence-electron chi connectivity index (χ3n) is 2.87. The Morgan fingerprint density at radius 2 is 1.77 bits per heavy atom. The van der Waals surface area contributed by atoms with Gasteiger partial charge in [-0.25, -0.2) is 4.79 Å². The number of hydrogen-bond donors (Lipinski definition) is 0. The van der Waals surface area contributed by atoms with E-state index in [1.165, 1.54) is 12.1 Å². The third-order valence-corrected chi connectivity index (χ3v) is 2.87. The average molecular weight is 304 g/mol. The fraction of sp³-hybridized carbons (Fsp3) is 0.353. The summed E-state index contributed by atoms with van der Waals surface area (Å²) in [5, 5.41) is 0.